The lowest BCUT2D eigenvalue weighted by Crippen LogP contribution is -2.41. The Bertz CT molecular complexity index is 261. The highest BCUT2D eigenvalue weighted by Gasteiger charge is 1.96. The summed E-state index contributed by atoms with van der Waals surface area (Å²) >= 11 is 0. The van der Waals surface area contributed by atoms with Crippen molar-refractivity contribution in [3.63, 3.8) is 0 Å². The smallest absolute Gasteiger partial charge is 0.329 e. The number of carbonyl (C=O) groups is 1. The number of nitrogens with one attached hydrogen (secondary N) is 3. The summed E-state index contributed by atoms with van der Waals surface area (Å²) < 4.78 is 0. The lowest BCUT2D eigenvalue weighted by Gasteiger charge is -2.05. The van der Waals surface area contributed by atoms with Gasteiger partial charge in [-0.2, -0.15) is 0 Å². The number of carbonyl (C=O) groups excluding carboxylic acids is 1. The van der Waals surface area contributed by atoms with E-state index in [-0.39, 0.29) is 6.03 Å². The van der Waals surface area contributed by atoms with Crippen LogP contribution in [-0.4, -0.2) is 13.1 Å². The molecule has 1 aromatic rings. The van der Waals surface area contributed by atoms with Gasteiger partial charge in [0.1, 0.15) is 0 Å². The van der Waals surface area contributed by atoms with Gasteiger partial charge in [0.15, 0.2) is 0 Å². The lowest BCUT2D eigenvalue weighted by molar-refractivity contribution is 0.237. The van der Waals surface area contributed by atoms with E-state index < -0.39 is 0 Å². The fraction of sp³-hybridized carbons (Fsp3) is 0.222. The summed E-state index contributed by atoms with van der Waals surface area (Å²) in [5.41, 5.74) is 6.03. The van der Waals surface area contributed by atoms with Crippen molar-refractivity contribution in [2.45, 2.75) is 6.54 Å². The predicted molar refractivity (Wildman–Crippen MR) is 50.9 cm³/mol. The van der Waals surface area contributed by atoms with E-state index >= 15 is 0 Å². The number of hydrogen-bond acceptors (Lipinski definition) is 2. The van der Waals surface area contributed by atoms with Crippen LogP contribution < -0.4 is 16.2 Å². The van der Waals surface area contributed by atoms with Crippen molar-refractivity contribution in [1.82, 2.24) is 16.2 Å². The maximum Gasteiger partial charge on any atom is 0.329 e. The number of hydrogen-bond donors (Lipinski definition) is 3. The van der Waals surface area contributed by atoms with E-state index in [0.717, 1.165) is 5.56 Å². The first-order chi connectivity index (χ1) is 6.33. The molecule has 0 aliphatic heterocycles. The van der Waals surface area contributed by atoms with E-state index in [4.69, 9.17) is 0 Å². The normalized spacial score (nSPS) is 9.31. The Hall–Kier alpha value is -1.55. The van der Waals surface area contributed by atoms with Crippen molar-refractivity contribution >= 4 is 6.03 Å². The van der Waals surface area contributed by atoms with Gasteiger partial charge < -0.3 is 5.32 Å². The molecule has 0 aliphatic rings. The SMILES string of the molecule is CNNC(=O)NCc1ccccc1. The topological polar surface area (TPSA) is 53.2 Å². The molecule has 0 aromatic heterocycles. The molecule has 13 heavy (non-hydrogen) atoms. The summed E-state index contributed by atoms with van der Waals surface area (Å²) in [4.78, 5) is 10.9. The molecule has 0 bridgehead atoms. The molecular formula is C9H13N3O. The predicted octanol–water partition coefficient (Wildman–Crippen LogP) is 0.620. The van der Waals surface area contributed by atoms with Crippen molar-refractivity contribution in [3.05, 3.63) is 35.9 Å². The van der Waals surface area contributed by atoms with Crippen molar-refractivity contribution in [1.29, 1.82) is 0 Å². The third-order valence-corrected chi connectivity index (χ3v) is 1.53. The van der Waals surface area contributed by atoms with Gasteiger partial charge in [-0.3, -0.25) is 5.43 Å². The van der Waals surface area contributed by atoms with E-state index in [1.54, 1.807) is 7.05 Å². The third-order valence-electron chi connectivity index (χ3n) is 1.53. The molecule has 0 radical (unpaired) electrons. The summed E-state index contributed by atoms with van der Waals surface area (Å²) in [7, 11) is 1.64. The molecule has 3 N–H and O–H groups in total. The van der Waals surface area contributed by atoms with Crippen LogP contribution in [0.3, 0.4) is 0 Å². The van der Waals surface area contributed by atoms with Crippen LogP contribution in [0.15, 0.2) is 30.3 Å². The minimum atomic E-state index is -0.230. The fourth-order valence-electron chi connectivity index (χ4n) is 0.936. The molecule has 1 aromatic carbocycles. The van der Waals surface area contributed by atoms with Crippen LogP contribution in [-0.2, 0) is 6.54 Å². The van der Waals surface area contributed by atoms with Crippen LogP contribution in [0.25, 0.3) is 0 Å². The summed E-state index contributed by atoms with van der Waals surface area (Å²) in [6.45, 7) is 0.536. The Labute approximate surface area is 77.3 Å². The molecule has 0 aliphatic carbocycles. The van der Waals surface area contributed by atoms with Crippen LogP contribution in [0.2, 0.25) is 0 Å². The largest absolute Gasteiger partial charge is 0.333 e. The molecule has 70 valence electrons. The number of hydrazine groups is 1. The Morgan fingerprint density at radius 2 is 2.00 bits per heavy atom. The van der Waals surface area contributed by atoms with Crippen molar-refractivity contribution < 1.29 is 4.79 Å². The highest BCUT2D eigenvalue weighted by Crippen LogP contribution is 1.96. The molecule has 0 atom stereocenters. The molecular weight excluding hydrogens is 166 g/mol. The van der Waals surface area contributed by atoms with Crippen LogP contribution in [0.4, 0.5) is 4.79 Å². The minimum Gasteiger partial charge on any atom is -0.333 e. The first kappa shape index (κ1) is 9.54. The van der Waals surface area contributed by atoms with Crippen LogP contribution in [0, 0.1) is 0 Å². The zero-order chi connectivity index (χ0) is 9.52. The van der Waals surface area contributed by atoms with Gasteiger partial charge in [-0.1, -0.05) is 30.3 Å². The zero-order valence-electron chi connectivity index (χ0n) is 7.50. The maximum absolute atomic E-state index is 10.9. The standard InChI is InChI=1S/C9H13N3O/c1-10-12-9(13)11-7-8-5-3-2-4-6-8/h2-6,10H,7H2,1H3,(H2,11,12,13). The second-order valence-electron chi connectivity index (χ2n) is 2.54. The number of benzene rings is 1. The Balaban J connectivity index is 2.31. The zero-order valence-corrected chi connectivity index (χ0v) is 7.50. The monoisotopic (exact) mass is 179 g/mol. The lowest BCUT2D eigenvalue weighted by atomic mass is 10.2. The number of amides is 2. The minimum absolute atomic E-state index is 0.230. The highest BCUT2D eigenvalue weighted by atomic mass is 16.2. The van der Waals surface area contributed by atoms with Crippen molar-refractivity contribution in [3.8, 4) is 0 Å². The van der Waals surface area contributed by atoms with Crippen molar-refractivity contribution in [2.75, 3.05) is 7.05 Å². The van der Waals surface area contributed by atoms with E-state index in [2.05, 4.69) is 16.2 Å². The van der Waals surface area contributed by atoms with E-state index in [1.165, 1.54) is 0 Å². The van der Waals surface area contributed by atoms with Gasteiger partial charge in [-0.25, -0.2) is 10.2 Å². The maximum atomic E-state index is 10.9. The third kappa shape index (κ3) is 3.57. The first-order valence-corrected chi connectivity index (χ1v) is 4.07. The van der Waals surface area contributed by atoms with Gasteiger partial charge in [0, 0.05) is 13.6 Å². The summed E-state index contributed by atoms with van der Waals surface area (Å²) in [5.74, 6) is 0. The van der Waals surface area contributed by atoms with Gasteiger partial charge in [-0.05, 0) is 5.56 Å². The van der Waals surface area contributed by atoms with E-state index in [0.29, 0.717) is 6.54 Å². The molecule has 4 nitrogen and oxygen atoms in total. The Morgan fingerprint density at radius 1 is 1.31 bits per heavy atom. The van der Waals surface area contributed by atoms with Gasteiger partial charge in [-0.15, -0.1) is 0 Å². The molecule has 0 saturated heterocycles. The summed E-state index contributed by atoms with van der Waals surface area (Å²) in [6, 6.07) is 9.50. The molecule has 0 heterocycles. The van der Waals surface area contributed by atoms with Crippen molar-refractivity contribution in [2.24, 2.45) is 0 Å². The van der Waals surface area contributed by atoms with E-state index in [1.807, 2.05) is 30.3 Å². The quantitative estimate of drug-likeness (QED) is 0.596. The second-order valence-corrected chi connectivity index (χ2v) is 2.54. The number of rotatable bonds is 3. The molecule has 2 amide bonds. The Kier molecular flexibility index (Phi) is 3.78. The molecule has 0 unspecified atom stereocenters. The molecule has 0 spiro atoms. The average Bonchev–Trinajstić information content (AvgIpc) is 2.17. The average molecular weight is 179 g/mol. The van der Waals surface area contributed by atoms with Gasteiger partial charge in [0.25, 0.3) is 0 Å². The fourth-order valence-corrected chi connectivity index (χ4v) is 0.936. The summed E-state index contributed by atoms with van der Waals surface area (Å²) in [5, 5.41) is 2.69. The summed E-state index contributed by atoms with van der Waals surface area (Å²) in [6.07, 6.45) is 0. The molecule has 1 rings (SSSR count). The van der Waals surface area contributed by atoms with Crippen LogP contribution in [0.5, 0.6) is 0 Å². The molecule has 0 fully saturated rings. The Morgan fingerprint density at radius 3 is 2.62 bits per heavy atom. The highest BCUT2D eigenvalue weighted by molar-refractivity contribution is 5.73. The molecule has 0 saturated carbocycles. The number of urea groups is 1. The van der Waals surface area contributed by atoms with Gasteiger partial charge in [0.05, 0.1) is 0 Å². The van der Waals surface area contributed by atoms with Gasteiger partial charge in [0.2, 0.25) is 0 Å². The second kappa shape index (κ2) is 5.16. The molecule has 4 heteroatoms. The van der Waals surface area contributed by atoms with Gasteiger partial charge >= 0.3 is 6.03 Å². The van der Waals surface area contributed by atoms with Crippen LogP contribution in [0.1, 0.15) is 5.56 Å². The van der Waals surface area contributed by atoms with Crippen LogP contribution >= 0.6 is 0 Å². The first-order valence-electron chi connectivity index (χ1n) is 4.07. The van der Waals surface area contributed by atoms with E-state index in [9.17, 15) is 4.79 Å².